The highest BCUT2D eigenvalue weighted by molar-refractivity contribution is 6.44. The van der Waals surface area contributed by atoms with Crippen LogP contribution in [0.2, 0.25) is 10.0 Å². The van der Waals surface area contributed by atoms with Gasteiger partial charge in [0.2, 0.25) is 11.8 Å². The van der Waals surface area contributed by atoms with Gasteiger partial charge in [-0.2, -0.15) is 0 Å². The molecule has 23 heavy (non-hydrogen) atoms. The van der Waals surface area contributed by atoms with Gasteiger partial charge < -0.3 is 10.2 Å². The number of nitrogens with one attached hydrogen (secondary N) is 1. The lowest BCUT2D eigenvalue weighted by Gasteiger charge is -2.35. The maximum atomic E-state index is 12.7. The van der Waals surface area contributed by atoms with Crippen LogP contribution in [0.1, 0.15) is 32.6 Å². The SMILES string of the molecule is C[C@@H]1C[C@@H]1C(=O)N1CCCC[C@H]1C(=O)Nc1cccc(Cl)c1Cl. The van der Waals surface area contributed by atoms with Crippen molar-refractivity contribution < 1.29 is 9.59 Å². The fourth-order valence-electron chi connectivity index (χ4n) is 3.16. The highest BCUT2D eigenvalue weighted by atomic mass is 35.5. The van der Waals surface area contributed by atoms with Crippen molar-refractivity contribution in [1.82, 2.24) is 4.90 Å². The Bertz CT molecular complexity index is 635. The second-order valence-corrected chi connectivity index (χ2v) is 7.24. The van der Waals surface area contributed by atoms with Crippen molar-refractivity contribution in [3.8, 4) is 0 Å². The summed E-state index contributed by atoms with van der Waals surface area (Å²) in [5, 5.41) is 3.55. The molecule has 0 aromatic heterocycles. The summed E-state index contributed by atoms with van der Waals surface area (Å²) >= 11 is 12.1. The van der Waals surface area contributed by atoms with Crippen LogP contribution in [0.3, 0.4) is 0 Å². The molecule has 3 atom stereocenters. The van der Waals surface area contributed by atoms with Gasteiger partial charge >= 0.3 is 0 Å². The van der Waals surface area contributed by atoms with E-state index >= 15 is 0 Å². The van der Waals surface area contributed by atoms with Crippen LogP contribution in [0.4, 0.5) is 5.69 Å². The van der Waals surface area contributed by atoms with E-state index in [4.69, 9.17) is 23.2 Å². The monoisotopic (exact) mass is 354 g/mol. The maximum Gasteiger partial charge on any atom is 0.247 e. The molecule has 1 saturated carbocycles. The second kappa shape index (κ2) is 6.70. The van der Waals surface area contributed by atoms with Gasteiger partial charge in [0.15, 0.2) is 0 Å². The Balaban J connectivity index is 1.73. The number of carbonyl (C=O) groups excluding carboxylic acids is 2. The Labute approximate surface area is 146 Å². The zero-order valence-electron chi connectivity index (χ0n) is 13.0. The van der Waals surface area contributed by atoms with E-state index in [1.54, 1.807) is 23.1 Å². The van der Waals surface area contributed by atoms with Crippen LogP contribution in [0.5, 0.6) is 0 Å². The lowest BCUT2D eigenvalue weighted by molar-refractivity contribution is -0.141. The van der Waals surface area contributed by atoms with E-state index in [0.717, 1.165) is 19.3 Å². The molecule has 2 aliphatic rings. The lowest BCUT2D eigenvalue weighted by atomic mass is 10.00. The van der Waals surface area contributed by atoms with Crippen molar-refractivity contribution in [3.63, 3.8) is 0 Å². The van der Waals surface area contributed by atoms with E-state index in [-0.39, 0.29) is 17.7 Å². The first kappa shape index (κ1) is 16.6. The number of amides is 2. The minimum absolute atomic E-state index is 0.0955. The maximum absolute atomic E-state index is 12.7. The molecule has 0 unspecified atom stereocenters. The Morgan fingerprint density at radius 1 is 1.26 bits per heavy atom. The minimum atomic E-state index is -0.418. The fraction of sp³-hybridized carbons (Fsp3) is 0.529. The smallest absolute Gasteiger partial charge is 0.247 e. The van der Waals surface area contributed by atoms with Crippen LogP contribution < -0.4 is 5.32 Å². The number of nitrogens with zero attached hydrogens (tertiary/aromatic N) is 1. The van der Waals surface area contributed by atoms with Crippen molar-refractivity contribution >= 4 is 40.7 Å². The lowest BCUT2D eigenvalue weighted by Crippen LogP contribution is -2.50. The van der Waals surface area contributed by atoms with Gasteiger partial charge in [0.05, 0.1) is 15.7 Å². The Morgan fingerprint density at radius 3 is 2.70 bits per heavy atom. The van der Waals surface area contributed by atoms with Gasteiger partial charge in [-0.3, -0.25) is 9.59 Å². The van der Waals surface area contributed by atoms with E-state index in [1.165, 1.54) is 0 Å². The molecule has 6 heteroatoms. The summed E-state index contributed by atoms with van der Waals surface area (Å²) in [5.74, 6) is 0.471. The molecule has 0 bridgehead atoms. The largest absolute Gasteiger partial charge is 0.330 e. The summed E-state index contributed by atoms with van der Waals surface area (Å²) in [6.45, 7) is 2.73. The third-order valence-corrected chi connectivity index (χ3v) is 5.54. The van der Waals surface area contributed by atoms with Crippen molar-refractivity contribution in [2.24, 2.45) is 11.8 Å². The number of hydrogen-bond acceptors (Lipinski definition) is 2. The average molecular weight is 355 g/mol. The van der Waals surface area contributed by atoms with Crippen LogP contribution in [0, 0.1) is 11.8 Å². The molecule has 2 fully saturated rings. The highest BCUT2D eigenvalue weighted by Crippen LogP contribution is 2.40. The third kappa shape index (κ3) is 3.48. The third-order valence-electron chi connectivity index (χ3n) is 4.72. The van der Waals surface area contributed by atoms with E-state index in [9.17, 15) is 9.59 Å². The van der Waals surface area contributed by atoms with E-state index < -0.39 is 6.04 Å². The van der Waals surface area contributed by atoms with Crippen LogP contribution in [-0.2, 0) is 9.59 Å². The first-order chi connectivity index (χ1) is 11.0. The Morgan fingerprint density at radius 2 is 2.00 bits per heavy atom. The minimum Gasteiger partial charge on any atom is -0.330 e. The quantitative estimate of drug-likeness (QED) is 0.892. The Kier molecular flexibility index (Phi) is 4.83. The summed E-state index contributed by atoms with van der Waals surface area (Å²) in [5.41, 5.74) is 0.488. The number of likely N-dealkylation sites (tertiary alicyclic amines) is 1. The van der Waals surface area contributed by atoms with Crippen molar-refractivity contribution in [2.75, 3.05) is 11.9 Å². The van der Waals surface area contributed by atoms with Gasteiger partial charge in [-0.1, -0.05) is 36.2 Å². The van der Waals surface area contributed by atoms with Crippen LogP contribution in [0.25, 0.3) is 0 Å². The average Bonchev–Trinajstić information content (AvgIpc) is 3.28. The summed E-state index contributed by atoms with van der Waals surface area (Å²) in [6.07, 6.45) is 3.53. The summed E-state index contributed by atoms with van der Waals surface area (Å²) < 4.78 is 0. The number of carbonyl (C=O) groups is 2. The number of anilines is 1. The molecule has 1 aromatic rings. The number of halogens is 2. The number of rotatable bonds is 3. The van der Waals surface area contributed by atoms with E-state index in [1.807, 2.05) is 0 Å². The molecule has 4 nitrogen and oxygen atoms in total. The molecule has 124 valence electrons. The van der Waals surface area contributed by atoms with Crippen LogP contribution >= 0.6 is 23.2 Å². The molecular weight excluding hydrogens is 335 g/mol. The highest BCUT2D eigenvalue weighted by Gasteiger charge is 2.44. The van der Waals surface area contributed by atoms with Crippen molar-refractivity contribution in [2.45, 2.75) is 38.6 Å². The van der Waals surface area contributed by atoms with Gasteiger partial charge in [-0.05, 0) is 43.7 Å². The molecule has 1 aromatic carbocycles. The molecule has 0 spiro atoms. The van der Waals surface area contributed by atoms with E-state index in [0.29, 0.717) is 34.6 Å². The first-order valence-corrected chi connectivity index (χ1v) is 8.80. The van der Waals surface area contributed by atoms with Gasteiger partial charge in [0.1, 0.15) is 6.04 Å². The summed E-state index contributed by atoms with van der Waals surface area (Å²) in [4.78, 5) is 27.0. The summed E-state index contributed by atoms with van der Waals surface area (Å²) in [7, 11) is 0. The molecule has 1 N–H and O–H groups in total. The van der Waals surface area contributed by atoms with Crippen molar-refractivity contribution in [1.29, 1.82) is 0 Å². The molecule has 1 heterocycles. The number of piperidine rings is 1. The molecule has 3 rings (SSSR count). The predicted molar refractivity (Wildman–Crippen MR) is 91.7 cm³/mol. The number of benzene rings is 1. The van der Waals surface area contributed by atoms with Crippen LogP contribution in [-0.4, -0.2) is 29.3 Å². The molecule has 1 aliphatic carbocycles. The normalized spacial score (nSPS) is 26.7. The van der Waals surface area contributed by atoms with Gasteiger partial charge in [0, 0.05) is 12.5 Å². The Hall–Kier alpha value is -1.26. The molecule has 2 amide bonds. The standard InChI is InChI=1S/C17H20Cl2N2O2/c1-10-9-11(10)17(23)21-8-3-2-7-14(21)16(22)20-13-6-4-5-12(18)15(13)19/h4-6,10-11,14H,2-3,7-9H2,1H3,(H,20,22)/t10-,11+,14+/m1/s1. The first-order valence-electron chi connectivity index (χ1n) is 8.04. The predicted octanol–water partition coefficient (Wildman–Crippen LogP) is 3.97. The zero-order valence-corrected chi connectivity index (χ0v) is 14.5. The van der Waals surface area contributed by atoms with E-state index in [2.05, 4.69) is 12.2 Å². The summed E-state index contributed by atoms with van der Waals surface area (Å²) in [6, 6.07) is 4.70. The molecule has 1 saturated heterocycles. The molecule has 1 aliphatic heterocycles. The second-order valence-electron chi connectivity index (χ2n) is 6.45. The van der Waals surface area contributed by atoms with Crippen molar-refractivity contribution in [3.05, 3.63) is 28.2 Å². The topological polar surface area (TPSA) is 49.4 Å². The van der Waals surface area contributed by atoms with Gasteiger partial charge in [0.25, 0.3) is 0 Å². The van der Waals surface area contributed by atoms with Gasteiger partial charge in [-0.25, -0.2) is 0 Å². The molecule has 0 radical (unpaired) electrons. The fourth-order valence-corrected chi connectivity index (χ4v) is 3.51. The zero-order chi connectivity index (χ0) is 16.6. The molecular formula is C17H20Cl2N2O2. The van der Waals surface area contributed by atoms with Gasteiger partial charge in [-0.15, -0.1) is 0 Å². The number of hydrogen-bond donors (Lipinski definition) is 1. The van der Waals surface area contributed by atoms with Crippen LogP contribution in [0.15, 0.2) is 18.2 Å².